The summed E-state index contributed by atoms with van der Waals surface area (Å²) in [6.07, 6.45) is 6.32. The minimum Gasteiger partial charge on any atom is -0.478 e. The summed E-state index contributed by atoms with van der Waals surface area (Å²) in [5.74, 6) is 0.269. The molecule has 17 heavy (non-hydrogen) atoms. The Labute approximate surface area is 105 Å². The molecule has 2 nitrogen and oxygen atoms in total. The third kappa shape index (κ3) is 5.03. The highest BCUT2D eigenvalue weighted by Gasteiger charge is 2.01. The molecule has 0 atom stereocenters. The van der Waals surface area contributed by atoms with E-state index in [2.05, 4.69) is 19.1 Å². The molecule has 1 aromatic rings. The van der Waals surface area contributed by atoms with Gasteiger partial charge in [-0.3, -0.25) is 5.41 Å². The van der Waals surface area contributed by atoms with Gasteiger partial charge in [-0.2, -0.15) is 0 Å². The normalized spacial score (nSPS) is 10.2. The van der Waals surface area contributed by atoms with Gasteiger partial charge in [0, 0.05) is 5.56 Å². The molecular formula is C15H23NO. The Bertz CT molecular complexity index is 329. The van der Waals surface area contributed by atoms with Gasteiger partial charge in [-0.1, -0.05) is 38.3 Å². The zero-order chi connectivity index (χ0) is 12.5. The number of rotatable bonds is 7. The molecule has 1 aromatic carbocycles. The highest BCUT2D eigenvalue weighted by atomic mass is 16.5. The molecular weight excluding hydrogens is 210 g/mol. The fraction of sp³-hybridized carbons (Fsp3) is 0.533. The van der Waals surface area contributed by atoms with Gasteiger partial charge in [0.25, 0.3) is 0 Å². The summed E-state index contributed by atoms with van der Waals surface area (Å²) in [5, 5.41) is 7.67. The standard InChI is InChI=1S/C15H23NO/c1-3-5-6-7-8-13-9-11-14(12-10-13)15(16)17-4-2/h9-12,16H,3-8H2,1-2H3. The average Bonchev–Trinajstić information content (AvgIpc) is 2.36. The Morgan fingerprint density at radius 1 is 1.06 bits per heavy atom. The summed E-state index contributed by atoms with van der Waals surface area (Å²) < 4.78 is 5.16. The zero-order valence-corrected chi connectivity index (χ0v) is 11.0. The maximum Gasteiger partial charge on any atom is 0.213 e. The predicted molar refractivity (Wildman–Crippen MR) is 72.7 cm³/mol. The van der Waals surface area contributed by atoms with Crippen molar-refractivity contribution >= 4 is 5.90 Å². The number of nitrogens with one attached hydrogen (secondary N) is 1. The minimum absolute atomic E-state index is 0.269. The molecule has 0 aliphatic carbocycles. The first-order chi connectivity index (χ1) is 8.27. The lowest BCUT2D eigenvalue weighted by atomic mass is 10.0. The first-order valence-corrected chi connectivity index (χ1v) is 6.58. The van der Waals surface area contributed by atoms with Crippen LogP contribution in [0.3, 0.4) is 0 Å². The molecule has 94 valence electrons. The number of hydrogen-bond donors (Lipinski definition) is 1. The number of aryl methyl sites for hydroxylation is 1. The van der Waals surface area contributed by atoms with E-state index in [1.807, 2.05) is 19.1 Å². The molecule has 0 bridgehead atoms. The van der Waals surface area contributed by atoms with Crippen molar-refractivity contribution in [2.24, 2.45) is 0 Å². The lowest BCUT2D eigenvalue weighted by molar-refractivity contribution is 0.325. The van der Waals surface area contributed by atoms with E-state index < -0.39 is 0 Å². The Balaban J connectivity index is 2.42. The molecule has 0 unspecified atom stereocenters. The van der Waals surface area contributed by atoms with E-state index in [9.17, 15) is 0 Å². The molecule has 1 rings (SSSR count). The van der Waals surface area contributed by atoms with E-state index in [1.54, 1.807) is 0 Å². The van der Waals surface area contributed by atoms with Crippen LogP contribution >= 0.6 is 0 Å². The lowest BCUT2D eigenvalue weighted by Crippen LogP contribution is -2.04. The fourth-order valence-electron chi connectivity index (χ4n) is 1.81. The van der Waals surface area contributed by atoms with E-state index in [4.69, 9.17) is 10.1 Å². The van der Waals surface area contributed by atoms with Gasteiger partial charge in [-0.25, -0.2) is 0 Å². The van der Waals surface area contributed by atoms with Crippen molar-refractivity contribution in [3.05, 3.63) is 35.4 Å². The minimum atomic E-state index is 0.269. The monoisotopic (exact) mass is 233 g/mol. The van der Waals surface area contributed by atoms with Crippen molar-refractivity contribution in [1.29, 1.82) is 5.41 Å². The summed E-state index contributed by atoms with van der Waals surface area (Å²) in [6, 6.07) is 8.17. The first-order valence-electron chi connectivity index (χ1n) is 6.58. The van der Waals surface area contributed by atoms with E-state index in [-0.39, 0.29) is 5.90 Å². The Kier molecular flexibility index (Phi) is 6.38. The van der Waals surface area contributed by atoms with Gasteiger partial charge >= 0.3 is 0 Å². The molecule has 0 aliphatic heterocycles. The summed E-state index contributed by atoms with van der Waals surface area (Å²) >= 11 is 0. The number of benzene rings is 1. The van der Waals surface area contributed by atoms with Gasteiger partial charge in [0.2, 0.25) is 5.90 Å². The third-order valence-electron chi connectivity index (χ3n) is 2.82. The topological polar surface area (TPSA) is 33.1 Å². The largest absolute Gasteiger partial charge is 0.478 e. The second-order valence-corrected chi connectivity index (χ2v) is 4.27. The predicted octanol–water partition coefficient (Wildman–Crippen LogP) is 4.17. The molecule has 2 heteroatoms. The second kappa shape index (κ2) is 7.88. The average molecular weight is 233 g/mol. The van der Waals surface area contributed by atoms with Crippen LogP contribution in [0.2, 0.25) is 0 Å². The molecule has 0 aromatic heterocycles. The van der Waals surface area contributed by atoms with Gasteiger partial charge in [0.05, 0.1) is 6.61 Å². The molecule has 0 aliphatic rings. The van der Waals surface area contributed by atoms with Crippen LogP contribution in [0.15, 0.2) is 24.3 Å². The Morgan fingerprint density at radius 2 is 1.76 bits per heavy atom. The van der Waals surface area contributed by atoms with Gasteiger partial charge in [-0.15, -0.1) is 0 Å². The van der Waals surface area contributed by atoms with E-state index in [1.165, 1.54) is 31.2 Å². The van der Waals surface area contributed by atoms with E-state index >= 15 is 0 Å². The third-order valence-corrected chi connectivity index (χ3v) is 2.82. The SMILES string of the molecule is CCCCCCc1ccc(C(=N)OCC)cc1. The molecule has 0 amide bonds. The quantitative estimate of drug-likeness (QED) is 0.428. The van der Waals surface area contributed by atoms with Crippen LogP contribution in [0, 0.1) is 5.41 Å². The van der Waals surface area contributed by atoms with Gasteiger partial charge in [0.15, 0.2) is 0 Å². The van der Waals surface area contributed by atoms with Crippen LogP contribution < -0.4 is 0 Å². The van der Waals surface area contributed by atoms with Crippen molar-refractivity contribution in [1.82, 2.24) is 0 Å². The molecule has 0 radical (unpaired) electrons. The van der Waals surface area contributed by atoms with Crippen LogP contribution in [0.4, 0.5) is 0 Å². The first kappa shape index (κ1) is 13.8. The molecule has 0 spiro atoms. The van der Waals surface area contributed by atoms with Crippen molar-refractivity contribution in [2.45, 2.75) is 46.0 Å². The lowest BCUT2D eigenvalue weighted by Gasteiger charge is -2.06. The van der Waals surface area contributed by atoms with Crippen LogP contribution in [0.1, 0.15) is 50.7 Å². The van der Waals surface area contributed by atoms with Crippen LogP contribution in [0.25, 0.3) is 0 Å². The number of unbranched alkanes of at least 4 members (excludes halogenated alkanes) is 3. The van der Waals surface area contributed by atoms with Crippen LogP contribution in [0.5, 0.6) is 0 Å². The number of ether oxygens (including phenoxy) is 1. The summed E-state index contributed by atoms with van der Waals surface area (Å²) in [5.41, 5.74) is 2.22. The maximum absolute atomic E-state index is 7.67. The van der Waals surface area contributed by atoms with E-state index in [0.717, 1.165) is 12.0 Å². The van der Waals surface area contributed by atoms with Crippen LogP contribution in [-0.4, -0.2) is 12.5 Å². The van der Waals surface area contributed by atoms with Gasteiger partial charge in [0.1, 0.15) is 0 Å². The van der Waals surface area contributed by atoms with Gasteiger partial charge < -0.3 is 4.74 Å². The zero-order valence-electron chi connectivity index (χ0n) is 11.0. The van der Waals surface area contributed by atoms with Crippen molar-refractivity contribution in [3.8, 4) is 0 Å². The molecule has 0 fully saturated rings. The fourth-order valence-corrected chi connectivity index (χ4v) is 1.81. The maximum atomic E-state index is 7.67. The van der Waals surface area contributed by atoms with E-state index in [0.29, 0.717) is 6.61 Å². The molecule has 0 heterocycles. The molecule has 0 saturated heterocycles. The van der Waals surface area contributed by atoms with Crippen molar-refractivity contribution in [2.75, 3.05) is 6.61 Å². The summed E-state index contributed by atoms with van der Waals surface area (Å²) in [6.45, 7) is 4.68. The molecule has 1 N–H and O–H groups in total. The second-order valence-electron chi connectivity index (χ2n) is 4.27. The highest BCUT2D eigenvalue weighted by molar-refractivity contribution is 5.91. The van der Waals surface area contributed by atoms with Crippen LogP contribution in [-0.2, 0) is 11.2 Å². The Morgan fingerprint density at radius 3 is 2.35 bits per heavy atom. The molecule has 0 saturated carbocycles. The summed E-state index contributed by atoms with van der Waals surface area (Å²) in [4.78, 5) is 0. The van der Waals surface area contributed by atoms with Crippen molar-refractivity contribution < 1.29 is 4.74 Å². The van der Waals surface area contributed by atoms with Crippen molar-refractivity contribution in [3.63, 3.8) is 0 Å². The smallest absolute Gasteiger partial charge is 0.213 e. The highest BCUT2D eigenvalue weighted by Crippen LogP contribution is 2.10. The van der Waals surface area contributed by atoms with Gasteiger partial charge in [-0.05, 0) is 37.5 Å². The number of hydrogen-bond acceptors (Lipinski definition) is 2. The summed E-state index contributed by atoms with van der Waals surface area (Å²) in [7, 11) is 0. The Hall–Kier alpha value is -1.31.